The van der Waals surface area contributed by atoms with E-state index in [1.165, 1.54) is 0 Å². The molecule has 0 spiro atoms. The van der Waals surface area contributed by atoms with Crippen molar-refractivity contribution in [1.29, 1.82) is 0 Å². The number of likely N-dealkylation sites (N-methyl/N-ethyl adjacent to an activating group) is 1. The predicted octanol–water partition coefficient (Wildman–Crippen LogP) is 3.33. The summed E-state index contributed by atoms with van der Waals surface area (Å²) in [6.45, 7) is 4.52. The van der Waals surface area contributed by atoms with Crippen LogP contribution in [0.15, 0.2) is 34.7 Å². The maximum atomic E-state index is 12.3. The van der Waals surface area contributed by atoms with Crippen molar-refractivity contribution < 1.29 is 14.0 Å². The first kappa shape index (κ1) is 20.4. The number of carbonyl (C=O) groups excluding carboxylic acids is 2. The zero-order valence-electron chi connectivity index (χ0n) is 16.9. The van der Waals surface area contributed by atoms with Gasteiger partial charge in [0.1, 0.15) is 11.3 Å². The first-order chi connectivity index (χ1) is 13.5. The van der Waals surface area contributed by atoms with Gasteiger partial charge in [-0.15, -0.1) is 0 Å². The number of rotatable bonds is 8. The highest BCUT2D eigenvalue weighted by Crippen LogP contribution is 2.26. The first-order valence-electron chi connectivity index (χ1n) is 10.3. The molecule has 1 aliphatic heterocycles. The molecule has 6 nitrogen and oxygen atoms in total. The Labute approximate surface area is 166 Å². The van der Waals surface area contributed by atoms with Crippen LogP contribution < -0.4 is 5.32 Å². The van der Waals surface area contributed by atoms with Gasteiger partial charge < -0.3 is 14.6 Å². The molecule has 0 aliphatic carbocycles. The van der Waals surface area contributed by atoms with Gasteiger partial charge in [0.15, 0.2) is 0 Å². The quantitative estimate of drug-likeness (QED) is 0.708. The van der Waals surface area contributed by atoms with E-state index in [1.807, 2.05) is 54.1 Å². The minimum atomic E-state index is -0.00680. The van der Waals surface area contributed by atoms with Gasteiger partial charge >= 0.3 is 0 Å². The Hall–Kier alpha value is -2.34. The number of para-hydroxylation sites is 1. The van der Waals surface area contributed by atoms with Crippen LogP contribution in [0.25, 0.3) is 11.0 Å². The van der Waals surface area contributed by atoms with Gasteiger partial charge in [-0.3, -0.25) is 14.5 Å². The lowest BCUT2D eigenvalue weighted by Gasteiger charge is -2.23. The molecule has 2 amide bonds. The number of nitrogens with zero attached hydrogens (tertiary/aromatic N) is 2. The van der Waals surface area contributed by atoms with Gasteiger partial charge in [-0.05, 0) is 45.4 Å². The van der Waals surface area contributed by atoms with Gasteiger partial charge in [-0.2, -0.15) is 0 Å². The molecule has 6 heteroatoms. The number of hydrogen-bond donors (Lipinski definition) is 1. The molecule has 28 heavy (non-hydrogen) atoms. The summed E-state index contributed by atoms with van der Waals surface area (Å²) in [5.41, 5.74) is 0.866. The normalized spacial score (nSPS) is 16.4. The SMILES string of the molecule is CC(c1cc2ccccc2o1)N(C)CC(=O)NCCCN1CCCCCC1=O. The number of amides is 2. The second-order valence-corrected chi connectivity index (χ2v) is 7.67. The molecular weight excluding hydrogens is 354 g/mol. The minimum absolute atomic E-state index is 0.00680. The van der Waals surface area contributed by atoms with E-state index in [1.54, 1.807) is 0 Å². The summed E-state index contributed by atoms with van der Waals surface area (Å²) in [7, 11) is 1.92. The molecule has 1 atom stereocenters. The number of carbonyl (C=O) groups is 2. The van der Waals surface area contributed by atoms with Gasteiger partial charge in [-0.25, -0.2) is 0 Å². The standard InChI is InChI=1S/C22H31N3O3/c1-17(20-15-18-9-5-6-10-19(18)28-20)24(2)16-21(26)23-12-8-14-25-13-7-3-4-11-22(25)27/h5-6,9-10,15,17H,3-4,7-8,11-14,16H2,1-2H3,(H,23,26). The maximum Gasteiger partial charge on any atom is 0.234 e. The van der Waals surface area contributed by atoms with Crippen LogP contribution in [0.1, 0.15) is 50.8 Å². The predicted molar refractivity (Wildman–Crippen MR) is 110 cm³/mol. The molecule has 152 valence electrons. The van der Waals surface area contributed by atoms with Gasteiger partial charge in [0.2, 0.25) is 11.8 Å². The number of likely N-dealkylation sites (tertiary alicyclic amines) is 1. The van der Waals surface area contributed by atoms with E-state index in [0.717, 1.165) is 55.5 Å². The topological polar surface area (TPSA) is 65.8 Å². The van der Waals surface area contributed by atoms with Gasteiger partial charge in [0, 0.05) is 31.4 Å². The highest BCUT2D eigenvalue weighted by molar-refractivity contribution is 5.79. The zero-order valence-corrected chi connectivity index (χ0v) is 16.9. The van der Waals surface area contributed by atoms with Crippen LogP contribution in [0.5, 0.6) is 0 Å². The maximum absolute atomic E-state index is 12.3. The Kier molecular flexibility index (Phi) is 7.09. The lowest BCUT2D eigenvalue weighted by molar-refractivity contribution is -0.130. The third kappa shape index (κ3) is 5.35. The monoisotopic (exact) mass is 385 g/mol. The molecule has 1 fully saturated rings. The average Bonchev–Trinajstić information content (AvgIpc) is 3.02. The number of benzene rings is 1. The van der Waals surface area contributed by atoms with Crippen molar-refractivity contribution in [1.82, 2.24) is 15.1 Å². The van der Waals surface area contributed by atoms with Crippen LogP contribution in [0.3, 0.4) is 0 Å². The number of fused-ring (bicyclic) bond motifs is 1. The highest BCUT2D eigenvalue weighted by Gasteiger charge is 2.19. The second kappa shape index (κ2) is 9.73. The van der Waals surface area contributed by atoms with E-state index in [0.29, 0.717) is 19.5 Å². The van der Waals surface area contributed by atoms with Crippen LogP contribution in [0, 0.1) is 0 Å². The molecule has 0 bridgehead atoms. The third-order valence-corrected chi connectivity index (χ3v) is 5.51. The Morgan fingerprint density at radius 3 is 2.93 bits per heavy atom. The average molecular weight is 386 g/mol. The molecule has 1 aliphatic rings. The molecule has 1 aromatic heterocycles. The molecular formula is C22H31N3O3. The fourth-order valence-electron chi connectivity index (χ4n) is 3.62. The van der Waals surface area contributed by atoms with Crippen molar-refractivity contribution in [3.8, 4) is 0 Å². The van der Waals surface area contributed by atoms with Crippen molar-refractivity contribution in [3.63, 3.8) is 0 Å². The first-order valence-corrected chi connectivity index (χ1v) is 10.3. The molecule has 1 saturated heterocycles. The summed E-state index contributed by atoms with van der Waals surface area (Å²) in [6, 6.07) is 9.96. The largest absolute Gasteiger partial charge is 0.459 e. The Morgan fingerprint density at radius 1 is 1.29 bits per heavy atom. The summed E-state index contributed by atoms with van der Waals surface area (Å²) in [5, 5.41) is 4.04. The lowest BCUT2D eigenvalue weighted by atomic mass is 10.2. The van der Waals surface area contributed by atoms with Crippen molar-refractivity contribution in [2.75, 3.05) is 33.2 Å². The molecule has 2 aromatic rings. The zero-order chi connectivity index (χ0) is 19.9. The molecule has 1 N–H and O–H groups in total. The summed E-state index contributed by atoms with van der Waals surface area (Å²) >= 11 is 0. The molecule has 0 radical (unpaired) electrons. The van der Waals surface area contributed by atoms with E-state index in [-0.39, 0.29) is 17.9 Å². The van der Waals surface area contributed by atoms with Crippen LogP contribution in [0.4, 0.5) is 0 Å². The minimum Gasteiger partial charge on any atom is -0.459 e. The Balaban J connectivity index is 1.40. The fourth-order valence-corrected chi connectivity index (χ4v) is 3.62. The summed E-state index contributed by atoms with van der Waals surface area (Å²) in [6.07, 6.45) is 4.68. The van der Waals surface area contributed by atoms with Crippen LogP contribution >= 0.6 is 0 Å². The number of hydrogen-bond acceptors (Lipinski definition) is 4. The van der Waals surface area contributed by atoms with Crippen molar-refractivity contribution >= 4 is 22.8 Å². The number of nitrogens with one attached hydrogen (secondary N) is 1. The van der Waals surface area contributed by atoms with Crippen LogP contribution in [-0.2, 0) is 9.59 Å². The fraction of sp³-hybridized carbons (Fsp3) is 0.545. The third-order valence-electron chi connectivity index (χ3n) is 5.51. The van der Waals surface area contributed by atoms with Crippen molar-refractivity contribution in [2.45, 2.75) is 45.1 Å². The lowest BCUT2D eigenvalue weighted by Crippen LogP contribution is -2.38. The van der Waals surface area contributed by atoms with Crippen molar-refractivity contribution in [3.05, 3.63) is 36.1 Å². The van der Waals surface area contributed by atoms with Gasteiger partial charge in [-0.1, -0.05) is 24.6 Å². The Bertz CT molecular complexity index is 768. The van der Waals surface area contributed by atoms with E-state index < -0.39 is 0 Å². The second-order valence-electron chi connectivity index (χ2n) is 7.67. The van der Waals surface area contributed by atoms with Gasteiger partial charge in [0.05, 0.1) is 12.6 Å². The molecule has 1 aromatic carbocycles. The summed E-state index contributed by atoms with van der Waals surface area (Å²) in [5.74, 6) is 1.10. The van der Waals surface area contributed by atoms with E-state index >= 15 is 0 Å². The summed E-state index contributed by atoms with van der Waals surface area (Å²) in [4.78, 5) is 28.2. The van der Waals surface area contributed by atoms with E-state index in [2.05, 4.69) is 5.32 Å². The van der Waals surface area contributed by atoms with E-state index in [9.17, 15) is 9.59 Å². The summed E-state index contributed by atoms with van der Waals surface area (Å²) < 4.78 is 5.91. The van der Waals surface area contributed by atoms with Gasteiger partial charge in [0.25, 0.3) is 0 Å². The Morgan fingerprint density at radius 2 is 2.11 bits per heavy atom. The molecule has 0 saturated carbocycles. The molecule has 3 rings (SSSR count). The van der Waals surface area contributed by atoms with E-state index in [4.69, 9.17) is 4.42 Å². The van der Waals surface area contributed by atoms with Crippen molar-refractivity contribution in [2.24, 2.45) is 0 Å². The smallest absolute Gasteiger partial charge is 0.234 e. The highest BCUT2D eigenvalue weighted by atomic mass is 16.3. The van der Waals surface area contributed by atoms with Crippen LogP contribution in [0.2, 0.25) is 0 Å². The number of furan rings is 1. The van der Waals surface area contributed by atoms with Crippen LogP contribution in [-0.4, -0.2) is 54.8 Å². The molecule has 1 unspecified atom stereocenters. The molecule has 2 heterocycles.